The van der Waals surface area contributed by atoms with Gasteiger partial charge < -0.3 is 23.8 Å². The third kappa shape index (κ3) is 3.21. The molecule has 1 saturated carbocycles. The molecule has 1 aromatic carbocycles. The minimum Gasteiger partial charge on any atom is -0.497 e. The van der Waals surface area contributed by atoms with E-state index in [4.69, 9.17) is 18.9 Å². The fraction of sp³-hybridized carbons (Fsp3) is 0.611. The van der Waals surface area contributed by atoms with Gasteiger partial charge in [-0.2, -0.15) is 0 Å². The number of hydrogen-bond donors (Lipinski definition) is 0. The lowest BCUT2D eigenvalue weighted by atomic mass is 10.1. The maximum Gasteiger partial charge on any atom is 0.227 e. The Morgan fingerprint density at radius 1 is 1.25 bits per heavy atom. The van der Waals surface area contributed by atoms with E-state index in [0.29, 0.717) is 31.1 Å². The van der Waals surface area contributed by atoms with Gasteiger partial charge in [-0.3, -0.25) is 4.79 Å². The number of ether oxygens (including phenoxy) is 4. The van der Waals surface area contributed by atoms with Crippen LogP contribution in [-0.2, 0) is 20.7 Å². The normalized spacial score (nSPS) is 26.1. The number of nitrogens with zero attached hydrogens (tertiary/aromatic N) is 1. The molecule has 1 aliphatic heterocycles. The third-order valence-electron chi connectivity index (χ3n) is 4.99. The van der Waals surface area contributed by atoms with Crippen molar-refractivity contribution in [2.75, 3.05) is 34.5 Å². The fourth-order valence-electron chi connectivity index (χ4n) is 3.77. The van der Waals surface area contributed by atoms with Crippen molar-refractivity contribution in [3.8, 4) is 11.5 Å². The largest absolute Gasteiger partial charge is 0.497 e. The first-order valence-electron chi connectivity index (χ1n) is 8.32. The van der Waals surface area contributed by atoms with Gasteiger partial charge in [-0.1, -0.05) is 6.07 Å². The Balaban J connectivity index is 1.77. The minimum atomic E-state index is -0.0331. The van der Waals surface area contributed by atoms with Gasteiger partial charge in [0, 0.05) is 25.3 Å². The van der Waals surface area contributed by atoms with Crippen molar-refractivity contribution < 1.29 is 23.7 Å². The Bertz CT molecular complexity index is 591. The fourth-order valence-corrected chi connectivity index (χ4v) is 3.77. The number of benzene rings is 1. The summed E-state index contributed by atoms with van der Waals surface area (Å²) in [6.45, 7) is 1.17. The summed E-state index contributed by atoms with van der Waals surface area (Å²) in [4.78, 5) is 14.8. The maximum atomic E-state index is 12.9. The van der Waals surface area contributed by atoms with Crippen LogP contribution in [0.1, 0.15) is 18.4 Å². The molecule has 0 aromatic heterocycles. The zero-order chi connectivity index (χ0) is 17.1. The minimum absolute atomic E-state index is 0.0331. The lowest BCUT2D eigenvalue weighted by Gasteiger charge is -2.31. The highest BCUT2D eigenvalue weighted by Gasteiger charge is 2.44. The van der Waals surface area contributed by atoms with Crippen molar-refractivity contribution in [2.24, 2.45) is 0 Å². The molecule has 2 aliphatic rings. The van der Waals surface area contributed by atoms with Crippen molar-refractivity contribution in [1.82, 2.24) is 4.90 Å². The molecule has 24 heavy (non-hydrogen) atoms. The summed E-state index contributed by atoms with van der Waals surface area (Å²) >= 11 is 0. The van der Waals surface area contributed by atoms with Gasteiger partial charge in [0.2, 0.25) is 5.91 Å². The number of fused-ring (bicyclic) bond motifs is 2. The Morgan fingerprint density at radius 2 is 2.08 bits per heavy atom. The molecule has 1 amide bonds. The van der Waals surface area contributed by atoms with Crippen molar-refractivity contribution in [3.63, 3.8) is 0 Å². The second kappa shape index (κ2) is 7.40. The summed E-state index contributed by atoms with van der Waals surface area (Å²) in [6.07, 6.45) is 2.24. The average molecular weight is 335 g/mol. The zero-order valence-electron chi connectivity index (χ0n) is 14.5. The molecular weight excluding hydrogens is 310 g/mol. The number of methoxy groups -OCH3 is 3. The summed E-state index contributed by atoms with van der Waals surface area (Å²) in [5.41, 5.74) is 0.858. The van der Waals surface area contributed by atoms with Crippen molar-refractivity contribution in [1.29, 1.82) is 0 Å². The highest BCUT2D eigenvalue weighted by Crippen LogP contribution is 2.32. The van der Waals surface area contributed by atoms with Gasteiger partial charge in [0.25, 0.3) is 0 Å². The molecule has 2 bridgehead atoms. The Kier molecular flexibility index (Phi) is 5.26. The van der Waals surface area contributed by atoms with Gasteiger partial charge in [-0.15, -0.1) is 0 Å². The summed E-state index contributed by atoms with van der Waals surface area (Å²) < 4.78 is 22.1. The molecular formula is C18H25NO5. The summed E-state index contributed by atoms with van der Waals surface area (Å²) in [5, 5.41) is 0. The van der Waals surface area contributed by atoms with Crippen LogP contribution >= 0.6 is 0 Å². The highest BCUT2D eigenvalue weighted by molar-refractivity contribution is 5.80. The predicted molar refractivity (Wildman–Crippen MR) is 88.5 cm³/mol. The van der Waals surface area contributed by atoms with Crippen molar-refractivity contribution in [3.05, 3.63) is 23.8 Å². The van der Waals surface area contributed by atoms with Crippen LogP contribution in [0.15, 0.2) is 18.2 Å². The molecule has 6 nitrogen and oxygen atoms in total. The number of carbonyl (C=O) groups is 1. The molecule has 1 heterocycles. The van der Waals surface area contributed by atoms with Crippen LogP contribution in [0.4, 0.5) is 0 Å². The van der Waals surface area contributed by atoms with Crippen LogP contribution in [0.3, 0.4) is 0 Å². The smallest absolute Gasteiger partial charge is 0.227 e. The second-order valence-corrected chi connectivity index (χ2v) is 6.20. The van der Waals surface area contributed by atoms with Gasteiger partial charge in [0.1, 0.15) is 17.6 Å². The zero-order valence-corrected chi connectivity index (χ0v) is 14.5. The second-order valence-electron chi connectivity index (χ2n) is 6.20. The molecule has 1 saturated heterocycles. The van der Waals surface area contributed by atoms with E-state index in [2.05, 4.69) is 0 Å². The van der Waals surface area contributed by atoms with E-state index in [1.54, 1.807) is 27.4 Å². The molecule has 3 rings (SSSR count). The summed E-state index contributed by atoms with van der Waals surface area (Å²) in [5.74, 6) is 1.46. The van der Waals surface area contributed by atoms with E-state index in [-0.39, 0.29) is 24.2 Å². The van der Waals surface area contributed by atoms with Crippen molar-refractivity contribution in [2.45, 2.75) is 37.5 Å². The molecule has 0 N–H and O–H groups in total. The molecule has 1 aliphatic carbocycles. The first-order valence-corrected chi connectivity index (χ1v) is 8.32. The first kappa shape index (κ1) is 17.0. The lowest BCUT2D eigenvalue weighted by Crippen LogP contribution is -2.46. The van der Waals surface area contributed by atoms with Crippen LogP contribution in [0, 0.1) is 0 Å². The van der Waals surface area contributed by atoms with Gasteiger partial charge in [-0.25, -0.2) is 0 Å². The molecule has 3 atom stereocenters. The van der Waals surface area contributed by atoms with Crippen LogP contribution in [0.5, 0.6) is 11.5 Å². The van der Waals surface area contributed by atoms with E-state index in [9.17, 15) is 4.79 Å². The third-order valence-corrected chi connectivity index (χ3v) is 4.99. The van der Waals surface area contributed by atoms with E-state index in [0.717, 1.165) is 18.4 Å². The summed E-state index contributed by atoms with van der Waals surface area (Å²) in [7, 11) is 4.91. The number of hydrogen-bond acceptors (Lipinski definition) is 5. The van der Waals surface area contributed by atoms with Crippen molar-refractivity contribution >= 4 is 5.91 Å². The number of carbonyl (C=O) groups excluding carboxylic acids is 1. The van der Waals surface area contributed by atoms with E-state index in [1.165, 1.54) is 0 Å². The number of rotatable bonds is 5. The van der Waals surface area contributed by atoms with Crippen LogP contribution < -0.4 is 9.47 Å². The molecule has 3 unspecified atom stereocenters. The van der Waals surface area contributed by atoms with Gasteiger partial charge >= 0.3 is 0 Å². The van der Waals surface area contributed by atoms with Gasteiger partial charge in [0.05, 0.1) is 39.4 Å². The average Bonchev–Trinajstić information content (AvgIpc) is 2.90. The van der Waals surface area contributed by atoms with E-state index in [1.807, 2.05) is 17.0 Å². The monoisotopic (exact) mass is 335 g/mol. The highest BCUT2D eigenvalue weighted by atomic mass is 16.5. The standard InChI is InChI=1S/C18H25NO5/c1-21-13-5-4-12(16(11-13)22-2)10-17(20)19-8-9-24-15-7-6-14(19)18(15)23-3/h4-5,11,14-15,18H,6-10H2,1-3H3. The molecule has 2 fully saturated rings. The van der Waals surface area contributed by atoms with Crippen LogP contribution in [0.25, 0.3) is 0 Å². The maximum absolute atomic E-state index is 12.9. The van der Waals surface area contributed by atoms with Crippen LogP contribution in [0.2, 0.25) is 0 Å². The Hall–Kier alpha value is -1.79. The molecule has 132 valence electrons. The lowest BCUT2D eigenvalue weighted by molar-refractivity contribution is -0.134. The van der Waals surface area contributed by atoms with Gasteiger partial charge in [0.15, 0.2) is 0 Å². The van der Waals surface area contributed by atoms with E-state index >= 15 is 0 Å². The topological polar surface area (TPSA) is 57.2 Å². The Morgan fingerprint density at radius 3 is 2.79 bits per heavy atom. The quantitative estimate of drug-likeness (QED) is 0.819. The number of amides is 1. The molecule has 1 aromatic rings. The van der Waals surface area contributed by atoms with Crippen LogP contribution in [-0.4, -0.2) is 63.5 Å². The predicted octanol–water partition coefficient (Wildman–Crippen LogP) is 1.65. The molecule has 0 spiro atoms. The first-order chi connectivity index (χ1) is 11.7. The molecule has 6 heteroatoms. The molecule has 0 radical (unpaired) electrons. The van der Waals surface area contributed by atoms with E-state index < -0.39 is 0 Å². The summed E-state index contributed by atoms with van der Waals surface area (Å²) in [6, 6.07) is 5.63. The SMILES string of the molecule is COc1ccc(CC(=O)N2CCOC3CCC2C3OC)c(OC)c1. The Labute approximate surface area is 142 Å². The van der Waals surface area contributed by atoms with Gasteiger partial charge in [-0.05, 0) is 18.9 Å².